The molecule has 0 N–H and O–H groups in total. The van der Waals surface area contributed by atoms with Gasteiger partial charge in [0.2, 0.25) is 0 Å². The summed E-state index contributed by atoms with van der Waals surface area (Å²) in [6, 6.07) is 6.77. The number of nitrogens with zero attached hydrogens (tertiary/aromatic N) is 3. The number of thiophene rings is 1. The van der Waals surface area contributed by atoms with E-state index in [1.165, 1.54) is 24.8 Å². The van der Waals surface area contributed by atoms with Crippen molar-refractivity contribution >= 4 is 17.2 Å². The zero-order chi connectivity index (χ0) is 18.3. The molecule has 3 aliphatic rings. The van der Waals surface area contributed by atoms with Gasteiger partial charge in [-0.25, -0.2) is 0 Å². The summed E-state index contributed by atoms with van der Waals surface area (Å²) in [5.41, 5.74) is 1.55. The topological polar surface area (TPSA) is 45.7 Å². The Hall–Kier alpha value is -1.76. The Morgan fingerprint density at radius 3 is 2.96 bits per heavy atom. The van der Waals surface area contributed by atoms with Crippen molar-refractivity contribution < 1.29 is 9.53 Å². The number of likely N-dealkylation sites (tertiary alicyclic amines) is 1. The Labute approximate surface area is 164 Å². The molecule has 3 fully saturated rings. The minimum atomic E-state index is -0.771. The third kappa shape index (κ3) is 3.00. The predicted octanol–water partition coefficient (Wildman–Crippen LogP) is 2.89. The lowest BCUT2D eigenvalue weighted by molar-refractivity contribution is -0.173. The number of amides is 1. The molecule has 2 atom stereocenters. The second-order valence-corrected chi connectivity index (χ2v) is 8.73. The summed E-state index contributed by atoms with van der Waals surface area (Å²) in [6.07, 6.45) is 7.47. The summed E-state index contributed by atoms with van der Waals surface area (Å²) < 4.78 is 6.35. The van der Waals surface area contributed by atoms with Crippen molar-refractivity contribution in [1.82, 2.24) is 14.8 Å². The normalized spacial score (nSPS) is 29.4. The number of rotatable bonds is 4. The number of morpholine rings is 1. The Balaban J connectivity index is 1.47. The molecule has 27 heavy (non-hydrogen) atoms. The van der Waals surface area contributed by atoms with Gasteiger partial charge in [-0.05, 0) is 46.9 Å². The van der Waals surface area contributed by atoms with Crippen LogP contribution in [0.1, 0.15) is 36.3 Å². The standard InChI is InChI=1S/C21H25N3O2S/c25-20-21(26-9-8-23(20)12-16-6-10-27-14-16)15-24(18-4-1-5-18)13-19(21)17-3-2-7-22-11-17/h2-3,6-7,10-11,14,18-19H,1,4-5,8-9,12-13,15H2/t19-,21-/m1/s1. The Morgan fingerprint density at radius 2 is 2.26 bits per heavy atom. The maximum absolute atomic E-state index is 13.7. The lowest BCUT2D eigenvalue weighted by atomic mass is 9.83. The van der Waals surface area contributed by atoms with Crippen LogP contribution < -0.4 is 0 Å². The van der Waals surface area contributed by atoms with Crippen LogP contribution >= 0.6 is 11.3 Å². The molecule has 4 heterocycles. The van der Waals surface area contributed by atoms with E-state index in [-0.39, 0.29) is 11.8 Å². The van der Waals surface area contributed by atoms with Crippen molar-refractivity contribution in [2.45, 2.75) is 43.4 Å². The van der Waals surface area contributed by atoms with Crippen LogP contribution in [0.25, 0.3) is 0 Å². The molecule has 0 unspecified atom stereocenters. The largest absolute Gasteiger partial charge is 0.361 e. The maximum atomic E-state index is 13.7. The SMILES string of the molecule is O=C1N(Cc2ccsc2)CCO[C@@]12CN(C1CCC1)C[C@@H]2c1cccnc1. The van der Waals surface area contributed by atoms with E-state index < -0.39 is 5.60 Å². The van der Waals surface area contributed by atoms with E-state index in [1.807, 2.05) is 17.2 Å². The van der Waals surface area contributed by atoms with Crippen molar-refractivity contribution in [2.24, 2.45) is 0 Å². The van der Waals surface area contributed by atoms with Crippen molar-refractivity contribution in [1.29, 1.82) is 0 Å². The molecule has 1 aliphatic carbocycles. The Kier molecular flexibility index (Phi) is 4.50. The van der Waals surface area contributed by atoms with E-state index in [2.05, 4.69) is 32.8 Å². The highest BCUT2D eigenvalue weighted by atomic mass is 32.1. The van der Waals surface area contributed by atoms with E-state index in [4.69, 9.17) is 4.74 Å². The Morgan fingerprint density at radius 1 is 1.33 bits per heavy atom. The van der Waals surface area contributed by atoms with Gasteiger partial charge in [0.1, 0.15) is 0 Å². The van der Waals surface area contributed by atoms with Crippen LogP contribution in [0.2, 0.25) is 0 Å². The van der Waals surface area contributed by atoms with Gasteiger partial charge in [0.15, 0.2) is 5.60 Å². The molecule has 2 aromatic rings. The number of ether oxygens (including phenoxy) is 1. The first kappa shape index (κ1) is 17.3. The van der Waals surface area contributed by atoms with Gasteiger partial charge < -0.3 is 9.64 Å². The van der Waals surface area contributed by atoms with Gasteiger partial charge in [-0.2, -0.15) is 11.3 Å². The van der Waals surface area contributed by atoms with Crippen LogP contribution in [-0.2, 0) is 16.1 Å². The highest BCUT2D eigenvalue weighted by Crippen LogP contribution is 2.44. The fourth-order valence-corrected chi connectivity index (χ4v) is 5.39. The van der Waals surface area contributed by atoms with Gasteiger partial charge >= 0.3 is 0 Å². The average Bonchev–Trinajstić information content (AvgIpc) is 3.27. The summed E-state index contributed by atoms with van der Waals surface area (Å²) >= 11 is 1.68. The van der Waals surface area contributed by atoms with Gasteiger partial charge in [0, 0.05) is 50.5 Å². The molecule has 0 bridgehead atoms. The third-order valence-corrected chi connectivity index (χ3v) is 7.15. The fourth-order valence-electron chi connectivity index (χ4n) is 4.73. The van der Waals surface area contributed by atoms with E-state index in [0.29, 0.717) is 32.3 Å². The zero-order valence-electron chi connectivity index (χ0n) is 15.4. The quantitative estimate of drug-likeness (QED) is 0.814. The first-order valence-corrected chi connectivity index (χ1v) is 10.8. The molecular formula is C21H25N3O2S. The first-order valence-electron chi connectivity index (χ1n) is 9.85. The Bertz CT molecular complexity index is 793. The lowest BCUT2D eigenvalue weighted by Crippen LogP contribution is -2.60. The first-order chi connectivity index (χ1) is 13.3. The number of carbonyl (C=O) groups excluding carboxylic acids is 1. The monoisotopic (exact) mass is 383 g/mol. The van der Waals surface area contributed by atoms with E-state index in [1.54, 1.807) is 17.5 Å². The number of hydrogen-bond donors (Lipinski definition) is 0. The number of pyridine rings is 1. The molecule has 0 radical (unpaired) electrons. The predicted molar refractivity (Wildman–Crippen MR) is 105 cm³/mol. The van der Waals surface area contributed by atoms with Crippen LogP contribution in [0.4, 0.5) is 0 Å². The second-order valence-electron chi connectivity index (χ2n) is 7.95. The van der Waals surface area contributed by atoms with E-state index in [9.17, 15) is 4.79 Å². The molecule has 2 aliphatic heterocycles. The molecule has 2 aromatic heterocycles. The summed E-state index contributed by atoms with van der Waals surface area (Å²) in [7, 11) is 0. The zero-order valence-corrected chi connectivity index (χ0v) is 16.2. The van der Waals surface area contributed by atoms with Crippen molar-refractivity contribution in [3.63, 3.8) is 0 Å². The summed E-state index contributed by atoms with van der Waals surface area (Å²) in [6.45, 7) is 3.53. The second kappa shape index (κ2) is 7.00. The van der Waals surface area contributed by atoms with Crippen LogP contribution in [0, 0.1) is 0 Å². The van der Waals surface area contributed by atoms with Gasteiger partial charge in [0.05, 0.1) is 6.61 Å². The van der Waals surface area contributed by atoms with Gasteiger partial charge in [-0.3, -0.25) is 14.7 Å². The highest BCUT2D eigenvalue weighted by molar-refractivity contribution is 7.07. The number of carbonyl (C=O) groups is 1. The van der Waals surface area contributed by atoms with Crippen molar-refractivity contribution in [3.8, 4) is 0 Å². The lowest BCUT2D eigenvalue weighted by Gasteiger charge is -2.43. The van der Waals surface area contributed by atoms with Gasteiger partial charge in [-0.1, -0.05) is 12.5 Å². The average molecular weight is 384 g/mol. The molecular weight excluding hydrogens is 358 g/mol. The molecule has 142 valence electrons. The number of hydrogen-bond acceptors (Lipinski definition) is 5. The summed E-state index contributed by atoms with van der Waals surface area (Å²) in [5.74, 6) is 0.195. The van der Waals surface area contributed by atoms with Crippen LogP contribution in [-0.4, -0.2) is 58.6 Å². The van der Waals surface area contributed by atoms with Gasteiger partial charge in [-0.15, -0.1) is 0 Å². The smallest absolute Gasteiger partial charge is 0.257 e. The van der Waals surface area contributed by atoms with E-state index in [0.717, 1.165) is 12.1 Å². The minimum absolute atomic E-state index is 0.0459. The van der Waals surface area contributed by atoms with E-state index >= 15 is 0 Å². The molecule has 1 saturated carbocycles. The molecule has 0 aromatic carbocycles. The fraction of sp³-hybridized carbons (Fsp3) is 0.524. The third-order valence-electron chi connectivity index (χ3n) is 6.42. The molecule has 1 amide bonds. The summed E-state index contributed by atoms with van der Waals surface area (Å²) in [4.78, 5) is 22.5. The molecule has 6 heteroatoms. The molecule has 5 rings (SSSR count). The van der Waals surface area contributed by atoms with Crippen LogP contribution in [0.3, 0.4) is 0 Å². The molecule has 1 spiro atoms. The number of aromatic nitrogens is 1. The van der Waals surface area contributed by atoms with Crippen LogP contribution in [0.15, 0.2) is 41.4 Å². The minimum Gasteiger partial charge on any atom is -0.361 e. The maximum Gasteiger partial charge on any atom is 0.257 e. The van der Waals surface area contributed by atoms with Crippen LogP contribution in [0.5, 0.6) is 0 Å². The molecule has 2 saturated heterocycles. The van der Waals surface area contributed by atoms with Crippen molar-refractivity contribution in [3.05, 3.63) is 52.5 Å². The van der Waals surface area contributed by atoms with Crippen molar-refractivity contribution in [2.75, 3.05) is 26.2 Å². The molecule has 5 nitrogen and oxygen atoms in total. The highest BCUT2D eigenvalue weighted by Gasteiger charge is 2.58. The van der Waals surface area contributed by atoms with Gasteiger partial charge in [0.25, 0.3) is 5.91 Å². The summed E-state index contributed by atoms with van der Waals surface area (Å²) in [5, 5.41) is 4.20.